The molecule has 4 rings (SSSR count). The molecule has 1 aliphatic rings. The Balaban J connectivity index is 1.64. The van der Waals surface area contributed by atoms with Gasteiger partial charge in [-0.2, -0.15) is 5.26 Å². The number of nitrogens with one attached hydrogen (secondary N) is 1. The van der Waals surface area contributed by atoms with Crippen LogP contribution in [0.2, 0.25) is 0 Å². The van der Waals surface area contributed by atoms with E-state index in [1.807, 2.05) is 39.0 Å². The van der Waals surface area contributed by atoms with Crippen molar-refractivity contribution in [2.75, 3.05) is 0 Å². The maximum atomic E-state index is 11.9. The highest BCUT2D eigenvalue weighted by Gasteiger charge is 2.27. The minimum atomic E-state index is -0.00260. The van der Waals surface area contributed by atoms with Gasteiger partial charge in [0.1, 0.15) is 21.8 Å². The van der Waals surface area contributed by atoms with Crippen molar-refractivity contribution in [3.63, 3.8) is 0 Å². The number of nitriles is 1. The summed E-state index contributed by atoms with van der Waals surface area (Å²) in [6, 6.07) is 13.9. The molecule has 3 aromatic rings. The van der Waals surface area contributed by atoms with Gasteiger partial charge in [-0.05, 0) is 56.0 Å². The van der Waals surface area contributed by atoms with Crippen molar-refractivity contribution in [2.45, 2.75) is 52.2 Å². The lowest BCUT2D eigenvalue weighted by Crippen LogP contribution is -2.26. The standard InChI is InChI=1S/C24H24N4O2S/c1-4-22(29)26-20-10-9-17-18(20)6-5-7-19(17)24-28-27-23(31-24)15-8-11-21(30-14(2)3)16(12-15)13-25/h5-8,11-12,14,20H,4,9-10H2,1-3H3,(H,26,29)/t20-/m0/s1. The van der Waals surface area contributed by atoms with Crippen LogP contribution in [0.25, 0.3) is 21.1 Å². The maximum absolute atomic E-state index is 11.9. The lowest BCUT2D eigenvalue weighted by molar-refractivity contribution is -0.121. The van der Waals surface area contributed by atoms with Crippen molar-refractivity contribution >= 4 is 17.2 Å². The van der Waals surface area contributed by atoms with Crippen molar-refractivity contribution in [1.29, 1.82) is 5.26 Å². The number of carbonyl (C=O) groups is 1. The van der Waals surface area contributed by atoms with Gasteiger partial charge in [-0.3, -0.25) is 4.79 Å². The molecule has 0 saturated carbocycles. The number of fused-ring (bicyclic) bond motifs is 1. The third kappa shape index (κ3) is 4.30. The van der Waals surface area contributed by atoms with Gasteiger partial charge in [0.15, 0.2) is 0 Å². The Hall–Kier alpha value is -3.24. The molecule has 1 aromatic heterocycles. The minimum Gasteiger partial charge on any atom is -0.490 e. The molecule has 1 N–H and O–H groups in total. The second-order valence-corrected chi connectivity index (χ2v) is 8.76. The molecule has 0 spiro atoms. The van der Waals surface area contributed by atoms with Crippen LogP contribution in [0.4, 0.5) is 0 Å². The lowest BCUT2D eigenvalue weighted by atomic mass is 10.0. The van der Waals surface area contributed by atoms with E-state index < -0.39 is 0 Å². The monoisotopic (exact) mass is 432 g/mol. The number of amides is 1. The molecule has 31 heavy (non-hydrogen) atoms. The fourth-order valence-electron chi connectivity index (χ4n) is 3.86. The lowest BCUT2D eigenvalue weighted by Gasteiger charge is -2.14. The summed E-state index contributed by atoms with van der Waals surface area (Å²) in [6.45, 7) is 5.73. The third-order valence-corrected chi connectivity index (χ3v) is 6.30. The predicted octanol–water partition coefficient (Wildman–Crippen LogP) is 5.04. The molecule has 7 heteroatoms. The van der Waals surface area contributed by atoms with Crippen LogP contribution in [0.5, 0.6) is 5.75 Å². The zero-order valence-corrected chi connectivity index (χ0v) is 18.6. The van der Waals surface area contributed by atoms with E-state index in [9.17, 15) is 10.1 Å². The molecule has 0 fully saturated rings. The summed E-state index contributed by atoms with van der Waals surface area (Å²) < 4.78 is 5.71. The van der Waals surface area contributed by atoms with Crippen molar-refractivity contribution in [2.24, 2.45) is 0 Å². The number of hydrogen-bond donors (Lipinski definition) is 1. The first-order valence-corrected chi connectivity index (χ1v) is 11.3. The van der Waals surface area contributed by atoms with Gasteiger partial charge in [0.25, 0.3) is 0 Å². The second kappa shape index (κ2) is 8.86. The highest BCUT2D eigenvalue weighted by atomic mass is 32.1. The summed E-state index contributed by atoms with van der Waals surface area (Å²) >= 11 is 1.50. The van der Waals surface area contributed by atoms with Crippen LogP contribution < -0.4 is 10.1 Å². The SMILES string of the molecule is CCC(=O)N[C@H]1CCc2c(-c3nnc(-c4ccc(OC(C)C)c(C#N)c4)s3)cccc21. The van der Waals surface area contributed by atoms with Crippen molar-refractivity contribution in [1.82, 2.24) is 15.5 Å². The first kappa shape index (κ1) is 21.0. The number of nitrogens with zero attached hydrogens (tertiary/aromatic N) is 3. The molecule has 1 aliphatic carbocycles. The van der Waals surface area contributed by atoms with E-state index in [-0.39, 0.29) is 18.1 Å². The molecule has 0 unspecified atom stereocenters. The number of benzene rings is 2. The summed E-state index contributed by atoms with van der Waals surface area (Å²) in [7, 11) is 0. The van der Waals surface area contributed by atoms with E-state index in [0.717, 1.165) is 39.5 Å². The van der Waals surface area contributed by atoms with Gasteiger partial charge in [0.2, 0.25) is 5.91 Å². The summed E-state index contributed by atoms with van der Waals surface area (Å²) in [6.07, 6.45) is 2.27. The van der Waals surface area contributed by atoms with Crippen molar-refractivity contribution in [3.8, 4) is 33.0 Å². The van der Waals surface area contributed by atoms with Crippen molar-refractivity contribution < 1.29 is 9.53 Å². The van der Waals surface area contributed by atoms with E-state index in [2.05, 4.69) is 33.7 Å². The largest absolute Gasteiger partial charge is 0.490 e. The third-order valence-electron chi connectivity index (χ3n) is 5.29. The Morgan fingerprint density at radius 1 is 1.29 bits per heavy atom. The molecular formula is C24H24N4O2S. The highest BCUT2D eigenvalue weighted by molar-refractivity contribution is 7.17. The molecule has 6 nitrogen and oxygen atoms in total. The van der Waals surface area contributed by atoms with Gasteiger partial charge in [0.05, 0.1) is 17.7 Å². The molecule has 0 radical (unpaired) electrons. The highest BCUT2D eigenvalue weighted by Crippen LogP contribution is 2.40. The van der Waals surface area contributed by atoms with Crippen LogP contribution >= 0.6 is 11.3 Å². The summed E-state index contributed by atoms with van der Waals surface area (Å²) in [5, 5.41) is 23.0. The van der Waals surface area contributed by atoms with Gasteiger partial charge in [0, 0.05) is 17.5 Å². The van der Waals surface area contributed by atoms with Gasteiger partial charge in [-0.15, -0.1) is 10.2 Å². The molecule has 158 valence electrons. The molecule has 0 bridgehead atoms. The van der Waals surface area contributed by atoms with E-state index in [1.54, 1.807) is 6.07 Å². The molecule has 1 amide bonds. The first-order valence-electron chi connectivity index (χ1n) is 10.5. The average molecular weight is 433 g/mol. The Bertz CT molecular complexity index is 1160. The first-order chi connectivity index (χ1) is 15.0. The number of rotatable bonds is 6. The van der Waals surface area contributed by atoms with Gasteiger partial charge >= 0.3 is 0 Å². The van der Waals surface area contributed by atoms with Gasteiger partial charge in [-0.1, -0.05) is 36.5 Å². The summed E-state index contributed by atoms with van der Waals surface area (Å²) in [5.41, 5.74) is 4.79. The van der Waals surface area contributed by atoms with Crippen LogP contribution in [0, 0.1) is 11.3 Å². The summed E-state index contributed by atoms with van der Waals surface area (Å²) in [4.78, 5) is 11.9. The van der Waals surface area contributed by atoms with E-state index >= 15 is 0 Å². The van der Waals surface area contributed by atoms with Gasteiger partial charge < -0.3 is 10.1 Å². The van der Waals surface area contributed by atoms with Crippen LogP contribution in [0.1, 0.15) is 56.3 Å². The molecule has 1 heterocycles. The van der Waals surface area contributed by atoms with Gasteiger partial charge in [-0.25, -0.2) is 0 Å². The second-order valence-electron chi connectivity index (χ2n) is 7.79. The number of carbonyl (C=O) groups excluding carboxylic acids is 1. The van der Waals surface area contributed by atoms with E-state index in [0.29, 0.717) is 17.7 Å². The Kier molecular flexibility index (Phi) is 6.01. The number of aromatic nitrogens is 2. The topological polar surface area (TPSA) is 87.9 Å². The molecule has 1 atom stereocenters. The number of hydrogen-bond acceptors (Lipinski definition) is 6. The van der Waals surface area contributed by atoms with Crippen LogP contribution in [0.15, 0.2) is 36.4 Å². The van der Waals surface area contributed by atoms with Crippen LogP contribution in [-0.2, 0) is 11.2 Å². The van der Waals surface area contributed by atoms with E-state index in [4.69, 9.17) is 4.74 Å². The molecular weight excluding hydrogens is 408 g/mol. The van der Waals surface area contributed by atoms with Crippen LogP contribution in [0.3, 0.4) is 0 Å². The number of ether oxygens (including phenoxy) is 1. The Labute approximate surface area is 185 Å². The summed E-state index contributed by atoms with van der Waals surface area (Å²) in [5.74, 6) is 0.645. The molecule has 2 aromatic carbocycles. The maximum Gasteiger partial charge on any atom is 0.220 e. The normalized spacial score (nSPS) is 14.9. The smallest absolute Gasteiger partial charge is 0.220 e. The fraction of sp³-hybridized carbons (Fsp3) is 0.333. The minimum absolute atomic E-state index is 0.00260. The predicted molar refractivity (Wildman–Crippen MR) is 121 cm³/mol. The molecule has 0 aliphatic heterocycles. The Morgan fingerprint density at radius 2 is 2.10 bits per heavy atom. The quantitative estimate of drug-likeness (QED) is 0.589. The Morgan fingerprint density at radius 3 is 2.84 bits per heavy atom. The van der Waals surface area contributed by atoms with E-state index in [1.165, 1.54) is 16.9 Å². The fourth-order valence-corrected chi connectivity index (χ4v) is 4.75. The van der Waals surface area contributed by atoms with Crippen molar-refractivity contribution in [3.05, 3.63) is 53.1 Å². The average Bonchev–Trinajstić information content (AvgIpc) is 3.41. The zero-order valence-electron chi connectivity index (χ0n) is 17.8. The zero-order chi connectivity index (χ0) is 22.0. The van der Waals surface area contributed by atoms with Crippen LogP contribution in [-0.4, -0.2) is 22.2 Å². The molecule has 0 saturated heterocycles.